The average molecular weight is 300 g/mol. The number of benzene rings is 2. The molecule has 3 nitrogen and oxygen atoms in total. The van der Waals surface area contributed by atoms with Gasteiger partial charge in [0.25, 0.3) is 0 Å². The maximum absolute atomic E-state index is 5.34. The lowest BCUT2D eigenvalue weighted by Gasteiger charge is -2.14. The number of para-hydroxylation sites is 1. The van der Waals surface area contributed by atoms with Gasteiger partial charge in [0.1, 0.15) is 5.75 Å². The van der Waals surface area contributed by atoms with Crippen LogP contribution in [0.1, 0.15) is 16.7 Å². The molecule has 21 heavy (non-hydrogen) atoms. The molecule has 0 saturated heterocycles. The zero-order valence-electron chi connectivity index (χ0n) is 12.6. The molecule has 4 heteroatoms. The lowest BCUT2D eigenvalue weighted by molar-refractivity contribution is 0.409. The van der Waals surface area contributed by atoms with Gasteiger partial charge < -0.3 is 15.4 Å². The minimum Gasteiger partial charge on any atom is -0.496 e. The smallest absolute Gasteiger partial charge is 0.171 e. The average Bonchev–Trinajstić information content (AvgIpc) is 2.48. The first-order valence-electron chi connectivity index (χ1n) is 6.84. The number of methoxy groups -OCH3 is 1. The van der Waals surface area contributed by atoms with Gasteiger partial charge in [-0.2, -0.15) is 0 Å². The van der Waals surface area contributed by atoms with Crippen molar-refractivity contribution < 1.29 is 4.74 Å². The topological polar surface area (TPSA) is 33.3 Å². The van der Waals surface area contributed by atoms with E-state index in [1.165, 1.54) is 11.1 Å². The highest BCUT2D eigenvalue weighted by Crippen LogP contribution is 2.18. The molecule has 0 radical (unpaired) electrons. The van der Waals surface area contributed by atoms with Gasteiger partial charge in [-0.1, -0.05) is 35.9 Å². The number of anilines is 1. The summed E-state index contributed by atoms with van der Waals surface area (Å²) in [5.41, 5.74) is 4.52. The Balaban J connectivity index is 1.96. The fourth-order valence-corrected chi connectivity index (χ4v) is 2.33. The molecule has 2 aromatic rings. The zero-order valence-corrected chi connectivity index (χ0v) is 13.4. The molecule has 0 heterocycles. The highest BCUT2D eigenvalue weighted by atomic mass is 32.1. The number of thiocarbonyl (C=S) groups is 1. The molecule has 0 aliphatic carbocycles. The first-order valence-corrected chi connectivity index (χ1v) is 7.25. The van der Waals surface area contributed by atoms with E-state index in [9.17, 15) is 0 Å². The molecule has 0 atom stereocenters. The molecule has 0 fully saturated rings. The molecular weight excluding hydrogens is 280 g/mol. The van der Waals surface area contributed by atoms with Crippen molar-refractivity contribution >= 4 is 23.0 Å². The van der Waals surface area contributed by atoms with Gasteiger partial charge in [-0.15, -0.1) is 0 Å². The summed E-state index contributed by atoms with van der Waals surface area (Å²) >= 11 is 5.34. The molecule has 2 aromatic carbocycles. The lowest BCUT2D eigenvalue weighted by atomic mass is 10.1. The molecule has 2 N–H and O–H groups in total. The van der Waals surface area contributed by atoms with E-state index in [-0.39, 0.29) is 0 Å². The highest BCUT2D eigenvalue weighted by Gasteiger charge is 2.04. The quantitative estimate of drug-likeness (QED) is 0.842. The van der Waals surface area contributed by atoms with Crippen LogP contribution in [0, 0.1) is 13.8 Å². The first kappa shape index (κ1) is 15.3. The summed E-state index contributed by atoms with van der Waals surface area (Å²) in [6, 6.07) is 14.1. The van der Waals surface area contributed by atoms with E-state index in [0.29, 0.717) is 11.7 Å². The SMILES string of the molecule is COc1ccccc1CNC(=S)Nc1ccc(C)cc1C. The Morgan fingerprint density at radius 3 is 2.62 bits per heavy atom. The van der Waals surface area contributed by atoms with Gasteiger partial charge in [-0.25, -0.2) is 0 Å². The van der Waals surface area contributed by atoms with Crippen molar-refractivity contribution in [1.82, 2.24) is 5.32 Å². The van der Waals surface area contributed by atoms with Crippen molar-refractivity contribution in [2.24, 2.45) is 0 Å². The molecule has 0 aliphatic rings. The number of ether oxygens (including phenoxy) is 1. The van der Waals surface area contributed by atoms with E-state index in [1.54, 1.807) is 7.11 Å². The Morgan fingerprint density at radius 2 is 1.90 bits per heavy atom. The molecule has 0 saturated carbocycles. The van der Waals surface area contributed by atoms with Crippen LogP contribution in [-0.4, -0.2) is 12.2 Å². The van der Waals surface area contributed by atoms with Crippen molar-refractivity contribution in [3.8, 4) is 5.75 Å². The fourth-order valence-electron chi connectivity index (χ4n) is 2.14. The van der Waals surface area contributed by atoms with Gasteiger partial charge in [0, 0.05) is 17.8 Å². The third kappa shape index (κ3) is 4.20. The van der Waals surface area contributed by atoms with Gasteiger partial charge >= 0.3 is 0 Å². The van der Waals surface area contributed by atoms with Gasteiger partial charge in [0.05, 0.1) is 7.11 Å². The van der Waals surface area contributed by atoms with Crippen LogP contribution in [0.3, 0.4) is 0 Å². The monoisotopic (exact) mass is 300 g/mol. The lowest BCUT2D eigenvalue weighted by Crippen LogP contribution is -2.28. The van der Waals surface area contributed by atoms with Crippen LogP contribution in [0.4, 0.5) is 5.69 Å². The number of nitrogens with one attached hydrogen (secondary N) is 2. The van der Waals surface area contributed by atoms with Crippen LogP contribution in [-0.2, 0) is 6.54 Å². The van der Waals surface area contributed by atoms with Crippen molar-refractivity contribution in [1.29, 1.82) is 0 Å². The molecule has 0 bridgehead atoms. The van der Waals surface area contributed by atoms with E-state index < -0.39 is 0 Å². The Bertz CT molecular complexity index is 640. The Labute approximate surface area is 131 Å². The second-order valence-corrected chi connectivity index (χ2v) is 5.35. The number of aryl methyl sites for hydroxylation is 2. The molecule has 0 aromatic heterocycles. The van der Waals surface area contributed by atoms with Crippen LogP contribution in [0.25, 0.3) is 0 Å². The van der Waals surface area contributed by atoms with Crippen LogP contribution >= 0.6 is 12.2 Å². The Morgan fingerprint density at radius 1 is 1.14 bits per heavy atom. The predicted octanol–water partition coefficient (Wildman–Crippen LogP) is 3.80. The van der Waals surface area contributed by atoms with Crippen molar-refractivity contribution in [3.05, 3.63) is 59.2 Å². The highest BCUT2D eigenvalue weighted by molar-refractivity contribution is 7.80. The van der Waals surface area contributed by atoms with Crippen molar-refractivity contribution in [2.45, 2.75) is 20.4 Å². The largest absolute Gasteiger partial charge is 0.496 e. The first-order chi connectivity index (χ1) is 10.1. The van der Waals surface area contributed by atoms with E-state index in [1.807, 2.05) is 30.3 Å². The molecule has 0 unspecified atom stereocenters. The van der Waals surface area contributed by atoms with E-state index >= 15 is 0 Å². The van der Waals surface area contributed by atoms with Crippen LogP contribution in [0.2, 0.25) is 0 Å². The van der Waals surface area contributed by atoms with Gasteiger partial charge in [0.2, 0.25) is 0 Å². The summed E-state index contributed by atoms with van der Waals surface area (Å²) in [5.74, 6) is 0.860. The van der Waals surface area contributed by atoms with E-state index in [0.717, 1.165) is 17.0 Å². The number of hydrogen-bond acceptors (Lipinski definition) is 2. The molecule has 0 spiro atoms. The zero-order chi connectivity index (χ0) is 15.2. The van der Waals surface area contributed by atoms with Crippen LogP contribution in [0.15, 0.2) is 42.5 Å². The second-order valence-electron chi connectivity index (χ2n) is 4.94. The summed E-state index contributed by atoms with van der Waals surface area (Å²) in [6.45, 7) is 4.77. The predicted molar refractivity (Wildman–Crippen MR) is 92.0 cm³/mol. The summed E-state index contributed by atoms with van der Waals surface area (Å²) in [4.78, 5) is 0. The molecule has 2 rings (SSSR count). The minimum absolute atomic E-state index is 0.604. The molecule has 110 valence electrons. The van der Waals surface area contributed by atoms with Crippen molar-refractivity contribution in [2.75, 3.05) is 12.4 Å². The second kappa shape index (κ2) is 7.09. The molecule has 0 aliphatic heterocycles. The third-order valence-corrected chi connectivity index (χ3v) is 3.51. The molecule has 0 amide bonds. The number of rotatable bonds is 4. The standard InChI is InChI=1S/C17H20N2OS/c1-12-8-9-15(13(2)10-12)19-17(21)18-11-14-6-4-5-7-16(14)20-3/h4-10H,11H2,1-3H3,(H2,18,19,21). The summed E-state index contributed by atoms with van der Waals surface area (Å²) < 4.78 is 5.32. The van der Waals surface area contributed by atoms with E-state index in [2.05, 4.69) is 36.6 Å². The maximum Gasteiger partial charge on any atom is 0.171 e. The summed E-state index contributed by atoms with van der Waals surface area (Å²) in [6.07, 6.45) is 0. The van der Waals surface area contributed by atoms with Crippen molar-refractivity contribution in [3.63, 3.8) is 0 Å². The maximum atomic E-state index is 5.34. The normalized spacial score (nSPS) is 10.0. The summed E-state index contributed by atoms with van der Waals surface area (Å²) in [5, 5.41) is 7.03. The third-order valence-electron chi connectivity index (χ3n) is 3.26. The van der Waals surface area contributed by atoms with Gasteiger partial charge in [0.15, 0.2) is 5.11 Å². The fraction of sp³-hybridized carbons (Fsp3) is 0.235. The van der Waals surface area contributed by atoms with Crippen LogP contribution in [0.5, 0.6) is 5.75 Å². The van der Waals surface area contributed by atoms with Crippen LogP contribution < -0.4 is 15.4 Å². The Hall–Kier alpha value is -2.07. The van der Waals surface area contributed by atoms with Gasteiger partial charge in [-0.3, -0.25) is 0 Å². The Kier molecular flexibility index (Phi) is 5.17. The summed E-state index contributed by atoms with van der Waals surface area (Å²) in [7, 11) is 1.67. The number of hydrogen-bond donors (Lipinski definition) is 2. The van der Waals surface area contributed by atoms with E-state index in [4.69, 9.17) is 17.0 Å². The minimum atomic E-state index is 0.604. The molecular formula is C17H20N2OS. The van der Waals surface area contributed by atoms with Gasteiger partial charge in [-0.05, 0) is 43.8 Å².